The topological polar surface area (TPSA) is 114 Å². The monoisotopic (exact) mass is 657 g/mol. The van der Waals surface area contributed by atoms with Gasteiger partial charge in [0.1, 0.15) is 17.8 Å². The maximum Gasteiger partial charge on any atom is 0.452 e. The van der Waals surface area contributed by atoms with Gasteiger partial charge in [-0.05, 0) is 42.2 Å². The van der Waals surface area contributed by atoms with Crippen LogP contribution in [0.2, 0.25) is 0 Å². The number of hydrogen-bond acceptors (Lipinski definition) is 5. The van der Waals surface area contributed by atoms with Crippen molar-refractivity contribution in [3.63, 3.8) is 0 Å². The number of benzene rings is 2. The van der Waals surface area contributed by atoms with Crippen LogP contribution >= 0.6 is 0 Å². The molecule has 3 N–H and O–H groups in total. The van der Waals surface area contributed by atoms with Crippen LogP contribution in [0.25, 0.3) is 0 Å². The molecule has 0 fully saturated rings. The molecule has 0 bridgehead atoms. The molecule has 0 saturated carbocycles. The molecule has 4 atom stereocenters. The molecule has 3 amide bonds. The number of carbonyl (C=O) groups excluding carboxylic acids is 4. The number of nitrogens with one attached hydrogen (secondary N) is 3. The fourth-order valence-corrected chi connectivity index (χ4v) is 4.06. The molecule has 2 rings (SSSR count). The summed E-state index contributed by atoms with van der Waals surface area (Å²) in [6.45, 7) is 3.34. The lowest BCUT2D eigenvalue weighted by atomic mass is 9.95. The van der Waals surface area contributed by atoms with Crippen molar-refractivity contribution in [3.8, 4) is 5.75 Å². The molecule has 0 heterocycles. The predicted octanol–water partition coefficient (Wildman–Crippen LogP) is 4.99. The summed E-state index contributed by atoms with van der Waals surface area (Å²) in [7, 11) is 1.30. The van der Waals surface area contributed by atoms with Gasteiger partial charge in [-0.15, -0.1) is 0 Å². The predicted molar refractivity (Wildman–Crippen MR) is 140 cm³/mol. The second-order valence-corrected chi connectivity index (χ2v) is 10.1. The van der Waals surface area contributed by atoms with Crippen molar-refractivity contribution in [1.29, 1.82) is 0 Å². The zero-order chi connectivity index (χ0) is 34.5. The standard InChI is InChI=1S/C28H28F9N3O5/c1-13(2)20(22(41)28(35,36)37)39-25(44)21(15-8-10-18(45-4)11-9-15)40-23(42)14(3)38-24(43)19(27(32,33)34)16-6-5-7-17(12-16)26(29,30)31/h5-14,19-21H,1-4H3,(H,38,43)(H,39,44)(H,40,42). The molecule has 2 aromatic carbocycles. The maximum atomic E-state index is 13.9. The third-order valence-corrected chi connectivity index (χ3v) is 6.41. The first-order chi connectivity index (χ1) is 20.6. The van der Waals surface area contributed by atoms with E-state index in [0.29, 0.717) is 18.2 Å². The van der Waals surface area contributed by atoms with E-state index in [1.807, 2.05) is 5.32 Å². The molecule has 17 heteroatoms. The Hall–Kier alpha value is -4.31. The quantitative estimate of drug-likeness (QED) is 0.295. The Morgan fingerprint density at radius 3 is 1.76 bits per heavy atom. The van der Waals surface area contributed by atoms with Crippen molar-refractivity contribution in [3.05, 3.63) is 65.2 Å². The molecule has 8 nitrogen and oxygen atoms in total. The van der Waals surface area contributed by atoms with E-state index in [-0.39, 0.29) is 17.4 Å². The van der Waals surface area contributed by atoms with Gasteiger partial charge in [-0.2, -0.15) is 39.5 Å². The van der Waals surface area contributed by atoms with E-state index >= 15 is 0 Å². The highest BCUT2D eigenvalue weighted by atomic mass is 19.4. The number of amides is 3. The van der Waals surface area contributed by atoms with Crippen LogP contribution in [0.3, 0.4) is 0 Å². The van der Waals surface area contributed by atoms with Crippen LogP contribution in [0.4, 0.5) is 39.5 Å². The van der Waals surface area contributed by atoms with Gasteiger partial charge in [0.05, 0.1) is 18.7 Å². The van der Waals surface area contributed by atoms with E-state index in [2.05, 4.69) is 5.32 Å². The molecule has 248 valence electrons. The summed E-state index contributed by atoms with van der Waals surface area (Å²) in [5, 5.41) is 5.79. The van der Waals surface area contributed by atoms with Crippen LogP contribution in [0, 0.1) is 5.92 Å². The summed E-state index contributed by atoms with van der Waals surface area (Å²) in [6, 6.07) is 1.31. The minimum absolute atomic E-state index is 0.0562. The molecule has 4 unspecified atom stereocenters. The Kier molecular flexibility index (Phi) is 11.6. The molecule has 45 heavy (non-hydrogen) atoms. The van der Waals surface area contributed by atoms with Crippen molar-refractivity contribution in [2.45, 2.75) is 63.3 Å². The first-order valence-corrected chi connectivity index (χ1v) is 13.0. The number of rotatable bonds is 11. The number of hydrogen-bond donors (Lipinski definition) is 3. The van der Waals surface area contributed by atoms with Crippen molar-refractivity contribution in [1.82, 2.24) is 16.0 Å². The Morgan fingerprint density at radius 1 is 0.711 bits per heavy atom. The Morgan fingerprint density at radius 2 is 1.29 bits per heavy atom. The number of halogens is 9. The second kappa shape index (κ2) is 14.2. The number of alkyl halides is 9. The number of ketones is 1. The molecule has 0 aliphatic heterocycles. The van der Waals surface area contributed by atoms with Gasteiger partial charge in [-0.1, -0.05) is 44.2 Å². The van der Waals surface area contributed by atoms with Crippen molar-refractivity contribution >= 4 is 23.5 Å². The van der Waals surface area contributed by atoms with Crippen LogP contribution in [0.15, 0.2) is 48.5 Å². The maximum absolute atomic E-state index is 13.9. The SMILES string of the molecule is COc1ccc(C(NC(=O)C(C)NC(=O)C(c2cccc(C(F)(F)F)c2)C(F)(F)F)C(=O)NC(C(=O)C(F)(F)F)C(C)C)cc1. The number of carbonyl (C=O) groups is 4. The normalized spacial score (nSPS) is 15.0. The van der Waals surface area contributed by atoms with E-state index in [1.54, 1.807) is 5.32 Å². The summed E-state index contributed by atoms with van der Waals surface area (Å²) < 4.78 is 125. The van der Waals surface area contributed by atoms with Crippen molar-refractivity contribution in [2.24, 2.45) is 5.92 Å². The van der Waals surface area contributed by atoms with Crippen LogP contribution in [0.5, 0.6) is 5.75 Å². The van der Waals surface area contributed by atoms with E-state index in [4.69, 9.17) is 4.74 Å². The molecule has 0 aliphatic carbocycles. The highest BCUT2D eigenvalue weighted by molar-refractivity contribution is 5.97. The van der Waals surface area contributed by atoms with Crippen LogP contribution in [0.1, 0.15) is 49.4 Å². The van der Waals surface area contributed by atoms with Gasteiger partial charge in [0.2, 0.25) is 17.7 Å². The minimum atomic E-state index is -5.40. The number of Topliss-reactive ketones (excluding diaryl/α,β-unsaturated/α-hetero) is 1. The summed E-state index contributed by atoms with van der Waals surface area (Å²) >= 11 is 0. The largest absolute Gasteiger partial charge is 0.497 e. The van der Waals surface area contributed by atoms with Crippen LogP contribution in [-0.4, -0.2) is 55.1 Å². The lowest BCUT2D eigenvalue weighted by Gasteiger charge is -2.27. The highest BCUT2D eigenvalue weighted by Gasteiger charge is 2.48. The van der Waals surface area contributed by atoms with Gasteiger partial charge < -0.3 is 20.7 Å². The van der Waals surface area contributed by atoms with Gasteiger partial charge in [0, 0.05) is 0 Å². The number of methoxy groups -OCH3 is 1. The van der Waals surface area contributed by atoms with Gasteiger partial charge in [-0.25, -0.2) is 0 Å². The lowest BCUT2D eigenvalue weighted by molar-refractivity contribution is -0.175. The molecule has 0 saturated heterocycles. The first-order valence-electron chi connectivity index (χ1n) is 13.0. The van der Waals surface area contributed by atoms with Gasteiger partial charge in [-0.3, -0.25) is 19.2 Å². The Balaban J connectivity index is 2.37. The number of ether oxygens (including phenoxy) is 1. The third-order valence-electron chi connectivity index (χ3n) is 6.41. The summed E-state index contributed by atoms with van der Waals surface area (Å²) in [4.78, 5) is 50.8. The zero-order valence-electron chi connectivity index (χ0n) is 23.9. The smallest absolute Gasteiger partial charge is 0.452 e. The highest BCUT2D eigenvalue weighted by Crippen LogP contribution is 2.38. The van der Waals surface area contributed by atoms with Crippen molar-refractivity contribution in [2.75, 3.05) is 7.11 Å². The lowest BCUT2D eigenvalue weighted by Crippen LogP contribution is -2.54. The summed E-state index contributed by atoms with van der Waals surface area (Å²) in [5.74, 6) is -10.7. The molecular formula is C28H28F9N3O5. The fourth-order valence-electron chi connectivity index (χ4n) is 4.06. The molecule has 0 spiro atoms. The van der Waals surface area contributed by atoms with E-state index in [9.17, 15) is 58.7 Å². The third kappa shape index (κ3) is 9.84. The van der Waals surface area contributed by atoms with Gasteiger partial charge >= 0.3 is 18.5 Å². The molecule has 0 aromatic heterocycles. The van der Waals surface area contributed by atoms with Crippen molar-refractivity contribution < 1.29 is 63.4 Å². The fraction of sp³-hybridized carbons (Fsp3) is 0.429. The van der Waals surface area contributed by atoms with Crippen LogP contribution < -0.4 is 20.7 Å². The average molecular weight is 658 g/mol. The van der Waals surface area contributed by atoms with E-state index < -0.39 is 83.1 Å². The Bertz CT molecular complexity index is 1370. The average Bonchev–Trinajstić information content (AvgIpc) is 2.92. The van der Waals surface area contributed by atoms with Crippen LogP contribution in [-0.2, 0) is 25.4 Å². The zero-order valence-corrected chi connectivity index (χ0v) is 23.9. The van der Waals surface area contributed by atoms with E-state index in [0.717, 1.165) is 6.92 Å². The minimum Gasteiger partial charge on any atom is -0.497 e. The molecule has 0 radical (unpaired) electrons. The second-order valence-electron chi connectivity index (χ2n) is 10.1. The van der Waals surface area contributed by atoms with Gasteiger partial charge in [0.25, 0.3) is 5.78 Å². The summed E-state index contributed by atoms with van der Waals surface area (Å²) in [5.41, 5.74) is -2.57. The summed E-state index contributed by atoms with van der Waals surface area (Å²) in [6.07, 6.45) is -15.7. The molecule has 2 aromatic rings. The first kappa shape index (κ1) is 36.9. The Labute approximate surface area is 250 Å². The molecule has 0 aliphatic rings. The van der Waals surface area contributed by atoms with Gasteiger partial charge in [0.15, 0.2) is 5.92 Å². The van der Waals surface area contributed by atoms with E-state index in [1.165, 1.54) is 45.2 Å². The molecular weight excluding hydrogens is 629 g/mol.